The first kappa shape index (κ1) is 26.2. The molecule has 1 amide bonds. The molecular weight excluding hydrogens is 524 g/mol. The van der Waals surface area contributed by atoms with Gasteiger partial charge < -0.3 is 10.0 Å². The van der Waals surface area contributed by atoms with Crippen molar-refractivity contribution < 1.29 is 14.7 Å². The molecule has 0 saturated carbocycles. The number of benzene rings is 4. The first-order valence-electron chi connectivity index (χ1n) is 12.2. The number of thioether (sulfide) groups is 1. The number of rotatable bonds is 8. The topological polar surface area (TPSA) is 60.9 Å². The Morgan fingerprint density at radius 2 is 1.21 bits per heavy atom. The zero-order valence-electron chi connectivity index (χ0n) is 20.8. The lowest BCUT2D eigenvalue weighted by molar-refractivity contribution is -0.140. The summed E-state index contributed by atoms with van der Waals surface area (Å²) < 4.78 is 0.259. The third-order valence-corrected chi connectivity index (χ3v) is 7.43. The molecule has 1 fully saturated rings. The molecule has 1 saturated heterocycles. The predicted octanol–water partition coefficient (Wildman–Crippen LogP) is 7.61. The number of anilines is 3. The van der Waals surface area contributed by atoms with Crippen molar-refractivity contribution in [3.05, 3.63) is 131 Å². The summed E-state index contributed by atoms with van der Waals surface area (Å²) in [5.41, 5.74) is 6.19. The van der Waals surface area contributed by atoms with Crippen LogP contribution in [0, 0.1) is 0 Å². The van der Waals surface area contributed by atoms with Crippen LogP contribution in [0.25, 0.3) is 18.2 Å². The quantitative estimate of drug-likeness (QED) is 0.139. The SMILES string of the molecule is O=C(O)CN1C(=O)C(=Cc2ccc(C=Cc3ccc(N(c4ccccc4)c4ccccc4)cc3)cc2)SC1=S. The van der Waals surface area contributed by atoms with Crippen LogP contribution in [0.2, 0.25) is 0 Å². The number of aliphatic carboxylic acids is 1. The number of hydrogen-bond donors (Lipinski definition) is 1. The molecule has 4 aromatic rings. The number of carbonyl (C=O) groups is 2. The van der Waals surface area contributed by atoms with E-state index in [1.807, 2.05) is 66.7 Å². The van der Waals surface area contributed by atoms with Gasteiger partial charge in [0.25, 0.3) is 5.91 Å². The van der Waals surface area contributed by atoms with E-state index >= 15 is 0 Å². The summed E-state index contributed by atoms with van der Waals surface area (Å²) in [7, 11) is 0. The van der Waals surface area contributed by atoms with Gasteiger partial charge in [0.05, 0.1) is 4.91 Å². The van der Waals surface area contributed by atoms with Crippen LogP contribution in [0.15, 0.2) is 114 Å². The molecule has 1 aliphatic rings. The number of hydrogen-bond acceptors (Lipinski definition) is 5. The Balaban J connectivity index is 1.29. The van der Waals surface area contributed by atoms with E-state index < -0.39 is 12.5 Å². The fourth-order valence-electron chi connectivity index (χ4n) is 4.15. The lowest BCUT2D eigenvalue weighted by Gasteiger charge is -2.25. The lowest BCUT2D eigenvalue weighted by Crippen LogP contribution is -2.33. The zero-order valence-corrected chi connectivity index (χ0v) is 22.4. The summed E-state index contributed by atoms with van der Waals surface area (Å²) in [4.78, 5) is 27.2. The van der Waals surface area contributed by atoms with Gasteiger partial charge in [-0.05, 0) is 59.2 Å². The van der Waals surface area contributed by atoms with E-state index in [0.717, 1.165) is 50.4 Å². The number of carbonyl (C=O) groups excluding carboxylic acids is 1. The summed E-state index contributed by atoms with van der Waals surface area (Å²) >= 11 is 6.27. The molecule has 0 bridgehead atoms. The van der Waals surface area contributed by atoms with Gasteiger partial charge in [-0.15, -0.1) is 0 Å². The molecule has 1 N–H and O–H groups in total. The van der Waals surface area contributed by atoms with E-state index in [1.54, 1.807) is 6.08 Å². The molecule has 7 heteroatoms. The van der Waals surface area contributed by atoms with Gasteiger partial charge in [0, 0.05) is 17.1 Å². The number of thiocarbonyl (C=S) groups is 1. The molecule has 0 atom stereocenters. The summed E-state index contributed by atoms with van der Waals surface area (Å²) in [6.07, 6.45) is 5.83. The molecule has 0 unspecified atom stereocenters. The Hall–Kier alpha value is -4.46. The number of carboxylic acids is 1. The number of carboxylic acid groups (broad SMARTS) is 1. The van der Waals surface area contributed by atoms with Gasteiger partial charge in [-0.3, -0.25) is 14.5 Å². The van der Waals surface area contributed by atoms with E-state index in [-0.39, 0.29) is 10.2 Å². The van der Waals surface area contributed by atoms with Crippen molar-refractivity contribution in [1.29, 1.82) is 0 Å². The van der Waals surface area contributed by atoms with Gasteiger partial charge in [-0.1, -0.05) is 109 Å². The molecule has 192 valence electrons. The molecule has 1 heterocycles. The van der Waals surface area contributed by atoms with Crippen molar-refractivity contribution in [2.45, 2.75) is 0 Å². The molecule has 5 rings (SSSR count). The highest BCUT2D eigenvalue weighted by molar-refractivity contribution is 8.26. The van der Waals surface area contributed by atoms with Gasteiger partial charge >= 0.3 is 5.97 Å². The molecule has 1 aliphatic heterocycles. The third-order valence-electron chi connectivity index (χ3n) is 6.05. The first-order valence-corrected chi connectivity index (χ1v) is 13.5. The average Bonchev–Trinajstić information content (AvgIpc) is 3.21. The molecule has 5 nitrogen and oxygen atoms in total. The molecular formula is C32H24N2O3S2. The smallest absolute Gasteiger partial charge is 0.323 e. The fraction of sp³-hybridized carbons (Fsp3) is 0.0312. The van der Waals surface area contributed by atoms with E-state index in [2.05, 4.69) is 59.5 Å². The maximum Gasteiger partial charge on any atom is 0.323 e. The maximum absolute atomic E-state index is 12.5. The van der Waals surface area contributed by atoms with Gasteiger partial charge in [-0.2, -0.15) is 0 Å². The fourth-order valence-corrected chi connectivity index (χ4v) is 5.41. The standard InChI is InChI=1S/C32H24N2O3S2/c35-30(36)22-33-31(37)29(39-32(33)38)21-25-15-13-23(14-16-25)11-12-24-17-19-28(20-18-24)34(26-7-3-1-4-8-26)27-9-5-2-6-10-27/h1-21H,22H2,(H,35,36). The van der Waals surface area contributed by atoms with Crippen molar-refractivity contribution in [3.8, 4) is 0 Å². The van der Waals surface area contributed by atoms with E-state index in [0.29, 0.717) is 4.91 Å². The first-order chi connectivity index (χ1) is 19.0. The normalized spacial score (nSPS) is 14.4. The minimum Gasteiger partial charge on any atom is -0.480 e. The summed E-state index contributed by atoms with van der Waals surface area (Å²) in [6, 6.07) is 36.8. The average molecular weight is 549 g/mol. The summed E-state index contributed by atoms with van der Waals surface area (Å²) in [5.74, 6) is -1.47. The molecule has 4 aromatic carbocycles. The highest BCUT2D eigenvalue weighted by atomic mass is 32.2. The predicted molar refractivity (Wildman–Crippen MR) is 164 cm³/mol. The van der Waals surface area contributed by atoms with Crippen LogP contribution >= 0.6 is 24.0 Å². The Bertz CT molecular complexity index is 1510. The van der Waals surface area contributed by atoms with Gasteiger partial charge in [-0.25, -0.2) is 0 Å². The Morgan fingerprint density at radius 1 is 0.744 bits per heavy atom. The lowest BCUT2D eigenvalue weighted by atomic mass is 10.1. The van der Waals surface area contributed by atoms with E-state index in [1.165, 1.54) is 0 Å². The van der Waals surface area contributed by atoms with E-state index in [9.17, 15) is 9.59 Å². The highest BCUT2D eigenvalue weighted by Crippen LogP contribution is 2.34. The second-order valence-corrected chi connectivity index (χ2v) is 10.4. The van der Waals surface area contributed by atoms with Crippen LogP contribution in [0.5, 0.6) is 0 Å². The van der Waals surface area contributed by atoms with Gasteiger partial charge in [0.15, 0.2) is 0 Å². The summed E-state index contributed by atoms with van der Waals surface area (Å²) in [6.45, 7) is -0.427. The van der Waals surface area contributed by atoms with Crippen LogP contribution in [-0.2, 0) is 9.59 Å². The second-order valence-electron chi connectivity index (χ2n) is 8.76. The molecule has 0 radical (unpaired) electrons. The van der Waals surface area contributed by atoms with Crippen LogP contribution in [-0.4, -0.2) is 32.7 Å². The number of amides is 1. The van der Waals surface area contributed by atoms with Gasteiger partial charge in [0.2, 0.25) is 0 Å². The second kappa shape index (κ2) is 11.9. The number of nitrogens with zero attached hydrogens (tertiary/aromatic N) is 2. The Morgan fingerprint density at radius 3 is 1.72 bits per heavy atom. The van der Waals surface area contributed by atoms with Crippen LogP contribution in [0.3, 0.4) is 0 Å². The summed E-state index contributed by atoms with van der Waals surface area (Å²) in [5, 5.41) is 8.99. The highest BCUT2D eigenvalue weighted by Gasteiger charge is 2.33. The number of para-hydroxylation sites is 2. The van der Waals surface area contributed by atoms with Crippen LogP contribution < -0.4 is 4.90 Å². The van der Waals surface area contributed by atoms with Gasteiger partial charge in [0.1, 0.15) is 10.9 Å². The Kier molecular flexibility index (Phi) is 8.01. The largest absolute Gasteiger partial charge is 0.480 e. The Labute approximate surface area is 236 Å². The van der Waals surface area contributed by atoms with Crippen LogP contribution in [0.1, 0.15) is 16.7 Å². The third kappa shape index (κ3) is 6.34. The monoisotopic (exact) mass is 548 g/mol. The molecule has 39 heavy (non-hydrogen) atoms. The van der Waals surface area contributed by atoms with Crippen molar-refractivity contribution in [1.82, 2.24) is 4.90 Å². The van der Waals surface area contributed by atoms with Crippen LogP contribution in [0.4, 0.5) is 17.1 Å². The van der Waals surface area contributed by atoms with Crippen molar-refractivity contribution >= 4 is 75.5 Å². The van der Waals surface area contributed by atoms with Crippen molar-refractivity contribution in [3.63, 3.8) is 0 Å². The minimum absolute atomic E-state index is 0.259. The molecule has 0 aliphatic carbocycles. The minimum atomic E-state index is -1.09. The van der Waals surface area contributed by atoms with Crippen molar-refractivity contribution in [2.75, 3.05) is 11.4 Å². The van der Waals surface area contributed by atoms with E-state index in [4.69, 9.17) is 17.3 Å². The zero-order chi connectivity index (χ0) is 27.2. The molecule has 0 aromatic heterocycles. The molecule has 0 spiro atoms. The van der Waals surface area contributed by atoms with Crippen molar-refractivity contribution in [2.24, 2.45) is 0 Å². The maximum atomic E-state index is 12.5.